The third kappa shape index (κ3) is 5.42. The number of nitrogens with one attached hydrogen (secondary N) is 1. The molecule has 0 aromatic heterocycles. The van der Waals surface area contributed by atoms with Gasteiger partial charge in [-0.2, -0.15) is 0 Å². The molecule has 122 valence electrons. The van der Waals surface area contributed by atoms with Gasteiger partial charge >= 0.3 is 5.97 Å². The number of hydrogen-bond donors (Lipinski definition) is 2. The molecule has 2 aromatic rings. The first kappa shape index (κ1) is 17.0. The number of rotatable bonds is 8. The molecule has 0 heterocycles. The average Bonchev–Trinajstić information content (AvgIpc) is 2.55. The van der Waals surface area contributed by atoms with Crippen LogP contribution in [-0.2, 0) is 12.8 Å². The molecule has 4 nitrogen and oxygen atoms in total. The minimum absolute atomic E-state index is 0.336. The molecule has 0 atom stereocenters. The monoisotopic (exact) mass is 312 g/mol. The van der Waals surface area contributed by atoms with Crippen LogP contribution in [0.2, 0.25) is 0 Å². The summed E-state index contributed by atoms with van der Waals surface area (Å²) < 4.78 is 0. The Morgan fingerprint density at radius 1 is 0.913 bits per heavy atom. The Bertz CT molecular complexity index is 619. The highest BCUT2D eigenvalue weighted by Crippen LogP contribution is 2.12. The van der Waals surface area contributed by atoms with Gasteiger partial charge in [-0.05, 0) is 61.3 Å². The lowest BCUT2D eigenvalue weighted by molar-refractivity contribution is 0.0697. The van der Waals surface area contributed by atoms with Crippen LogP contribution in [0.25, 0.3) is 0 Å². The third-order valence-electron chi connectivity index (χ3n) is 3.83. The maximum atomic E-state index is 10.8. The van der Waals surface area contributed by atoms with Crippen molar-refractivity contribution in [3.63, 3.8) is 0 Å². The number of hydrogen-bond acceptors (Lipinski definition) is 3. The van der Waals surface area contributed by atoms with Crippen LogP contribution < -0.4 is 10.2 Å². The maximum absolute atomic E-state index is 10.8. The fourth-order valence-electron chi connectivity index (χ4n) is 2.37. The lowest BCUT2D eigenvalue weighted by Crippen LogP contribution is -2.20. The van der Waals surface area contributed by atoms with Crippen LogP contribution in [-0.4, -0.2) is 38.3 Å². The summed E-state index contributed by atoms with van der Waals surface area (Å²) in [6.45, 7) is 1.83. The van der Waals surface area contributed by atoms with Gasteiger partial charge in [0.25, 0.3) is 0 Å². The number of aromatic carboxylic acids is 1. The van der Waals surface area contributed by atoms with Crippen molar-refractivity contribution >= 4 is 11.7 Å². The molecule has 2 N–H and O–H groups in total. The van der Waals surface area contributed by atoms with E-state index in [1.807, 2.05) is 26.2 Å². The molecule has 0 bridgehead atoms. The normalized spacial score (nSPS) is 10.5. The van der Waals surface area contributed by atoms with Crippen molar-refractivity contribution in [2.45, 2.75) is 12.8 Å². The molecule has 0 unspecified atom stereocenters. The zero-order chi connectivity index (χ0) is 16.7. The van der Waals surface area contributed by atoms with E-state index in [1.165, 1.54) is 11.3 Å². The molecule has 23 heavy (non-hydrogen) atoms. The zero-order valence-corrected chi connectivity index (χ0v) is 13.7. The molecule has 0 aliphatic rings. The number of carboxylic acid groups (broad SMARTS) is 1. The van der Waals surface area contributed by atoms with Crippen molar-refractivity contribution in [1.29, 1.82) is 0 Å². The van der Waals surface area contributed by atoms with Gasteiger partial charge in [0.2, 0.25) is 0 Å². The van der Waals surface area contributed by atoms with Crippen molar-refractivity contribution in [3.05, 3.63) is 65.2 Å². The van der Waals surface area contributed by atoms with E-state index in [-0.39, 0.29) is 0 Å². The topological polar surface area (TPSA) is 52.6 Å². The number of anilines is 1. The summed E-state index contributed by atoms with van der Waals surface area (Å²) in [7, 11) is 4.08. The van der Waals surface area contributed by atoms with Gasteiger partial charge in [-0.3, -0.25) is 0 Å². The second-order valence-corrected chi connectivity index (χ2v) is 5.81. The molecule has 0 amide bonds. The molecule has 2 aromatic carbocycles. The molecule has 0 fully saturated rings. The van der Waals surface area contributed by atoms with E-state index in [4.69, 9.17) is 5.11 Å². The molecule has 0 saturated carbocycles. The van der Waals surface area contributed by atoms with E-state index in [1.54, 1.807) is 12.1 Å². The van der Waals surface area contributed by atoms with Crippen LogP contribution in [0.15, 0.2) is 48.5 Å². The maximum Gasteiger partial charge on any atom is 0.335 e. The molecule has 0 spiro atoms. The summed E-state index contributed by atoms with van der Waals surface area (Å²) in [5.41, 5.74) is 4.03. The van der Waals surface area contributed by atoms with Crippen molar-refractivity contribution in [3.8, 4) is 0 Å². The Morgan fingerprint density at radius 2 is 1.39 bits per heavy atom. The van der Waals surface area contributed by atoms with Gasteiger partial charge in [-0.15, -0.1) is 0 Å². The lowest BCUT2D eigenvalue weighted by atomic mass is 10.1. The average molecular weight is 312 g/mol. The largest absolute Gasteiger partial charge is 0.478 e. The fourth-order valence-corrected chi connectivity index (χ4v) is 2.37. The van der Waals surface area contributed by atoms with Crippen LogP contribution in [0, 0.1) is 0 Å². The number of carboxylic acids is 1. The highest BCUT2D eigenvalue weighted by molar-refractivity contribution is 5.87. The van der Waals surface area contributed by atoms with Gasteiger partial charge in [0.05, 0.1) is 5.56 Å². The van der Waals surface area contributed by atoms with Crippen molar-refractivity contribution in [2.75, 3.05) is 32.1 Å². The van der Waals surface area contributed by atoms with E-state index in [9.17, 15) is 4.79 Å². The second-order valence-electron chi connectivity index (χ2n) is 5.81. The summed E-state index contributed by atoms with van der Waals surface area (Å²) in [5, 5.41) is 12.3. The third-order valence-corrected chi connectivity index (χ3v) is 3.83. The first-order valence-corrected chi connectivity index (χ1v) is 7.85. The van der Waals surface area contributed by atoms with E-state index >= 15 is 0 Å². The minimum atomic E-state index is -0.880. The van der Waals surface area contributed by atoms with Gasteiger partial charge in [-0.1, -0.05) is 24.3 Å². The van der Waals surface area contributed by atoms with Crippen LogP contribution in [0.3, 0.4) is 0 Å². The van der Waals surface area contributed by atoms with Crippen molar-refractivity contribution < 1.29 is 9.90 Å². The number of benzene rings is 2. The van der Waals surface area contributed by atoms with E-state index in [0.29, 0.717) is 5.56 Å². The fraction of sp³-hybridized carbons (Fsp3) is 0.316. The summed E-state index contributed by atoms with van der Waals surface area (Å²) in [5.74, 6) is -0.880. The van der Waals surface area contributed by atoms with Gasteiger partial charge < -0.3 is 15.3 Å². The number of carbonyl (C=O) groups is 1. The molecular weight excluding hydrogens is 288 g/mol. The van der Waals surface area contributed by atoms with Crippen molar-refractivity contribution in [1.82, 2.24) is 5.32 Å². The highest BCUT2D eigenvalue weighted by Gasteiger charge is 2.01. The Kier molecular flexibility index (Phi) is 6.18. The van der Waals surface area contributed by atoms with E-state index in [2.05, 4.69) is 34.5 Å². The first-order valence-electron chi connectivity index (χ1n) is 7.85. The molecular formula is C19H24N2O2. The zero-order valence-electron chi connectivity index (χ0n) is 13.7. The Balaban J connectivity index is 1.68. The molecule has 4 heteroatoms. The standard InChI is InChI=1S/C19H24N2O2/c1-21(2)18-9-5-16(6-10-18)12-14-20-13-11-15-3-7-17(8-4-15)19(22)23/h3-10,20H,11-14H2,1-2H3,(H,22,23). The number of nitrogens with zero attached hydrogens (tertiary/aromatic N) is 1. The summed E-state index contributed by atoms with van der Waals surface area (Å²) in [4.78, 5) is 12.9. The minimum Gasteiger partial charge on any atom is -0.478 e. The van der Waals surface area contributed by atoms with Crippen molar-refractivity contribution in [2.24, 2.45) is 0 Å². The molecule has 0 aliphatic heterocycles. The van der Waals surface area contributed by atoms with Crippen LogP contribution in [0.5, 0.6) is 0 Å². The first-order chi connectivity index (χ1) is 11.1. The molecule has 2 rings (SSSR count). The smallest absolute Gasteiger partial charge is 0.335 e. The van der Waals surface area contributed by atoms with Gasteiger partial charge in [0.15, 0.2) is 0 Å². The quantitative estimate of drug-likeness (QED) is 0.736. The second kappa shape index (κ2) is 8.34. The van der Waals surface area contributed by atoms with Crippen LogP contribution >= 0.6 is 0 Å². The SMILES string of the molecule is CN(C)c1ccc(CCNCCc2ccc(C(=O)O)cc2)cc1. The van der Waals surface area contributed by atoms with Crippen LogP contribution in [0.4, 0.5) is 5.69 Å². The predicted octanol–water partition coefficient (Wildman–Crippen LogP) is 2.83. The van der Waals surface area contributed by atoms with Crippen LogP contribution in [0.1, 0.15) is 21.5 Å². The van der Waals surface area contributed by atoms with Gasteiger partial charge in [-0.25, -0.2) is 4.79 Å². The highest BCUT2D eigenvalue weighted by atomic mass is 16.4. The van der Waals surface area contributed by atoms with E-state index in [0.717, 1.165) is 31.5 Å². The Hall–Kier alpha value is -2.33. The molecule has 0 aliphatic carbocycles. The molecule has 0 radical (unpaired) electrons. The summed E-state index contributed by atoms with van der Waals surface area (Å²) >= 11 is 0. The Morgan fingerprint density at radius 3 is 1.83 bits per heavy atom. The lowest BCUT2D eigenvalue weighted by Gasteiger charge is -2.12. The predicted molar refractivity (Wildman–Crippen MR) is 94.4 cm³/mol. The Labute approximate surface area is 137 Å². The summed E-state index contributed by atoms with van der Waals surface area (Å²) in [6, 6.07) is 15.7. The van der Waals surface area contributed by atoms with E-state index < -0.39 is 5.97 Å². The molecule has 0 saturated heterocycles. The van der Waals surface area contributed by atoms with Gasteiger partial charge in [0, 0.05) is 19.8 Å². The van der Waals surface area contributed by atoms with Gasteiger partial charge in [0.1, 0.15) is 0 Å². The summed E-state index contributed by atoms with van der Waals surface area (Å²) in [6.07, 6.45) is 1.91.